The standard InChI is InChI=1S/C12H8.C5H8O3/c1-2-4-9(5-3-1)11-7-6-10-8-12(10)11;1-2-8-4-3-5(6)7/h1-8H;2H,1,3-4H2,(H,6,7). The molecule has 0 heterocycles. The lowest BCUT2D eigenvalue weighted by Gasteiger charge is -1.95. The number of benzene rings is 2. The van der Waals surface area contributed by atoms with E-state index in [4.69, 9.17) is 5.11 Å². The molecule has 0 aromatic heterocycles. The zero-order valence-corrected chi connectivity index (χ0v) is 11.1. The van der Waals surface area contributed by atoms with Crippen molar-refractivity contribution in [1.82, 2.24) is 0 Å². The number of carboxylic acid groups (broad SMARTS) is 1. The molecule has 20 heavy (non-hydrogen) atoms. The van der Waals surface area contributed by atoms with E-state index < -0.39 is 5.97 Å². The predicted octanol–water partition coefficient (Wildman–Crippen LogP) is 3.96. The van der Waals surface area contributed by atoms with Crippen molar-refractivity contribution in [3.8, 4) is 22.3 Å². The lowest BCUT2D eigenvalue weighted by Crippen LogP contribution is -1.98. The van der Waals surface area contributed by atoms with Crippen molar-refractivity contribution < 1.29 is 14.6 Å². The molecule has 0 spiro atoms. The second-order valence-corrected chi connectivity index (χ2v) is 4.31. The van der Waals surface area contributed by atoms with E-state index >= 15 is 0 Å². The Morgan fingerprint density at radius 3 is 2.35 bits per heavy atom. The van der Waals surface area contributed by atoms with Crippen LogP contribution in [-0.2, 0) is 9.53 Å². The average Bonchev–Trinajstić information content (AvgIpc) is 3.11. The summed E-state index contributed by atoms with van der Waals surface area (Å²) in [5.74, 6) is -0.855. The second-order valence-electron chi connectivity index (χ2n) is 4.31. The first-order valence-electron chi connectivity index (χ1n) is 6.36. The molecule has 102 valence electrons. The number of ether oxygens (including phenoxy) is 1. The molecule has 0 saturated heterocycles. The first-order chi connectivity index (χ1) is 9.72. The molecule has 0 radical (unpaired) electrons. The molecule has 0 aliphatic heterocycles. The summed E-state index contributed by atoms with van der Waals surface area (Å²) in [6.07, 6.45) is 1.26. The summed E-state index contributed by atoms with van der Waals surface area (Å²) in [7, 11) is 0. The lowest BCUT2D eigenvalue weighted by atomic mass is 10.1. The van der Waals surface area contributed by atoms with Gasteiger partial charge >= 0.3 is 5.97 Å². The highest BCUT2D eigenvalue weighted by atomic mass is 16.5. The molecule has 0 fully saturated rings. The summed E-state index contributed by atoms with van der Waals surface area (Å²) in [6, 6.07) is 17.1. The van der Waals surface area contributed by atoms with Crippen LogP contribution in [0.1, 0.15) is 6.42 Å². The number of aliphatic carboxylic acids is 1. The summed E-state index contributed by atoms with van der Waals surface area (Å²) >= 11 is 0. The van der Waals surface area contributed by atoms with Crippen LogP contribution in [0.15, 0.2) is 61.4 Å². The van der Waals surface area contributed by atoms with E-state index in [-0.39, 0.29) is 13.0 Å². The maximum atomic E-state index is 9.76. The highest BCUT2D eigenvalue weighted by molar-refractivity contribution is 5.95. The first-order valence-corrected chi connectivity index (χ1v) is 6.36. The van der Waals surface area contributed by atoms with E-state index in [0.29, 0.717) is 0 Å². The van der Waals surface area contributed by atoms with Crippen molar-refractivity contribution in [2.24, 2.45) is 0 Å². The molecule has 3 rings (SSSR count). The first kappa shape index (κ1) is 13.9. The lowest BCUT2D eigenvalue weighted by molar-refractivity contribution is -0.137. The second kappa shape index (κ2) is 6.57. The monoisotopic (exact) mass is 268 g/mol. The van der Waals surface area contributed by atoms with E-state index in [1.54, 1.807) is 0 Å². The molecule has 0 unspecified atom stereocenters. The van der Waals surface area contributed by atoms with Crippen LogP contribution in [0.3, 0.4) is 0 Å². The summed E-state index contributed by atoms with van der Waals surface area (Å²) < 4.78 is 4.53. The van der Waals surface area contributed by atoms with Gasteiger partial charge < -0.3 is 9.84 Å². The SMILES string of the molecule is C=COCCC(=O)O.c1ccc(-c2ccc3cc2-3)cc1. The van der Waals surface area contributed by atoms with Gasteiger partial charge in [0, 0.05) is 0 Å². The Hall–Kier alpha value is -2.55. The third-order valence-corrected chi connectivity index (χ3v) is 2.88. The van der Waals surface area contributed by atoms with Crippen molar-refractivity contribution in [3.05, 3.63) is 61.4 Å². The Morgan fingerprint density at radius 1 is 1.10 bits per heavy atom. The number of rotatable bonds is 5. The average molecular weight is 268 g/mol. The van der Waals surface area contributed by atoms with Gasteiger partial charge in [0.25, 0.3) is 0 Å². The van der Waals surface area contributed by atoms with E-state index in [1.165, 1.54) is 28.5 Å². The maximum absolute atomic E-state index is 9.76. The summed E-state index contributed by atoms with van der Waals surface area (Å²) in [6.45, 7) is 3.45. The number of fused-ring (bicyclic) bond motifs is 1. The van der Waals surface area contributed by atoms with Crippen LogP contribution in [-0.4, -0.2) is 17.7 Å². The van der Waals surface area contributed by atoms with Crippen molar-refractivity contribution in [2.75, 3.05) is 6.61 Å². The highest BCUT2D eigenvalue weighted by Gasteiger charge is 2.17. The maximum Gasteiger partial charge on any atom is 0.306 e. The Balaban J connectivity index is 0.000000163. The van der Waals surface area contributed by atoms with Gasteiger partial charge in [-0.05, 0) is 28.3 Å². The van der Waals surface area contributed by atoms with Crippen LogP contribution in [0.4, 0.5) is 0 Å². The van der Waals surface area contributed by atoms with Crippen LogP contribution >= 0.6 is 0 Å². The highest BCUT2D eigenvalue weighted by Crippen LogP contribution is 2.43. The molecular formula is C17H16O3. The van der Waals surface area contributed by atoms with E-state index in [0.717, 1.165) is 0 Å². The van der Waals surface area contributed by atoms with Gasteiger partial charge in [-0.2, -0.15) is 0 Å². The summed E-state index contributed by atoms with van der Waals surface area (Å²) in [5.41, 5.74) is 5.55. The Labute approximate surface area is 118 Å². The van der Waals surface area contributed by atoms with Crippen LogP contribution in [0, 0.1) is 0 Å². The van der Waals surface area contributed by atoms with Gasteiger partial charge in [0.15, 0.2) is 0 Å². The summed E-state index contributed by atoms with van der Waals surface area (Å²) in [5, 5.41) is 8.03. The zero-order chi connectivity index (χ0) is 14.4. The van der Waals surface area contributed by atoms with Gasteiger partial charge in [0.2, 0.25) is 0 Å². The van der Waals surface area contributed by atoms with Crippen molar-refractivity contribution in [3.63, 3.8) is 0 Å². The molecular weight excluding hydrogens is 252 g/mol. The third kappa shape index (κ3) is 3.72. The molecule has 3 nitrogen and oxygen atoms in total. The van der Waals surface area contributed by atoms with E-state index in [2.05, 4.69) is 59.8 Å². The Morgan fingerprint density at radius 2 is 1.85 bits per heavy atom. The number of carbonyl (C=O) groups is 1. The fraction of sp³-hybridized carbons (Fsp3) is 0.118. The topological polar surface area (TPSA) is 46.5 Å². The number of hydrogen-bond donors (Lipinski definition) is 1. The number of carboxylic acids is 1. The van der Waals surface area contributed by atoms with Gasteiger partial charge in [0.05, 0.1) is 19.3 Å². The van der Waals surface area contributed by atoms with E-state index in [1.807, 2.05) is 0 Å². The van der Waals surface area contributed by atoms with Gasteiger partial charge in [-0.25, -0.2) is 0 Å². The van der Waals surface area contributed by atoms with Gasteiger partial charge in [-0.15, -0.1) is 0 Å². The van der Waals surface area contributed by atoms with Crippen LogP contribution in [0.25, 0.3) is 22.3 Å². The number of hydrogen-bond acceptors (Lipinski definition) is 2. The van der Waals surface area contributed by atoms with E-state index in [9.17, 15) is 4.79 Å². The zero-order valence-electron chi connectivity index (χ0n) is 11.1. The molecule has 0 bridgehead atoms. The van der Waals surface area contributed by atoms with Crippen molar-refractivity contribution in [2.45, 2.75) is 6.42 Å². The van der Waals surface area contributed by atoms with Crippen molar-refractivity contribution >= 4 is 5.97 Å². The summed E-state index contributed by atoms with van der Waals surface area (Å²) in [4.78, 5) is 9.76. The largest absolute Gasteiger partial charge is 0.501 e. The Bertz CT molecular complexity index is 603. The molecule has 1 N–H and O–H groups in total. The molecule has 3 heteroatoms. The van der Waals surface area contributed by atoms with Crippen molar-refractivity contribution in [1.29, 1.82) is 0 Å². The fourth-order valence-corrected chi connectivity index (χ4v) is 1.85. The molecule has 2 aliphatic carbocycles. The molecule has 0 saturated carbocycles. The molecule has 0 atom stereocenters. The molecule has 0 amide bonds. The quantitative estimate of drug-likeness (QED) is 0.563. The minimum absolute atomic E-state index is 0.0337. The molecule has 1 aromatic carbocycles. The van der Waals surface area contributed by atoms with Crippen LogP contribution in [0.2, 0.25) is 0 Å². The molecule has 1 aromatic rings. The minimum atomic E-state index is -0.855. The predicted molar refractivity (Wildman–Crippen MR) is 79.3 cm³/mol. The fourth-order valence-electron chi connectivity index (χ4n) is 1.85. The smallest absolute Gasteiger partial charge is 0.306 e. The Kier molecular flexibility index (Phi) is 4.56. The van der Waals surface area contributed by atoms with Gasteiger partial charge in [-0.3, -0.25) is 4.79 Å². The van der Waals surface area contributed by atoms with Gasteiger partial charge in [-0.1, -0.05) is 49.0 Å². The third-order valence-electron chi connectivity index (χ3n) is 2.88. The van der Waals surface area contributed by atoms with Crippen LogP contribution < -0.4 is 0 Å². The van der Waals surface area contributed by atoms with Gasteiger partial charge in [0.1, 0.15) is 0 Å². The van der Waals surface area contributed by atoms with Crippen LogP contribution in [0.5, 0.6) is 0 Å². The molecule has 2 aliphatic rings. The minimum Gasteiger partial charge on any atom is -0.501 e. The normalized spacial score (nSPS) is 10.0.